The third-order valence-corrected chi connectivity index (χ3v) is 4.14. The molecule has 1 N–H and O–H groups in total. The van der Waals surface area contributed by atoms with Crippen molar-refractivity contribution in [1.82, 2.24) is 19.9 Å². The Morgan fingerprint density at radius 2 is 1.82 bits per heavy atom. The molecule has 3 rings (SSSR count). The number of nitrogens with zero attached hydrogens (tertiary/aromatic N) is 3. The lowest BCUT2D eigenvalue weighted by atomic mass is 9.87. The van der Waals surface area contributed by atoms with Crippen molar-refractivity contribution in [1.29, 1.82) is 0 Å². The topological polar surface area (TPSA) is 54.5 Å². The van der Waals surface area contributed by atoms with Crippen LogP contribution in [0.1, 0.15) is 39.7 Å². The first-order valence-corrected chi connectivity index (χ1v) is 7.47. The largest absolute Gasteiger partial charge is 0.348 e. The predicted molar refractivity (Wildman–Crippen MR) is 86.8 cm³/mol. The number of nitrogens with one attached hydrogen (secondary N) is 1. The lowest BCUT2D eigenvalue weighted by Crippen LogP contribution is -2.10. The Kier molecular flexibility index (Phi) is 4.00. The average molecular weight is 292 g/mol. The summed E-state index contributed by atoms with van der Waals surface area (Å²) in [6.07, 6.45) is 8.11. The van der Waals surface area contributed by atoms with Crippen molar-refractivity contribution in [3.8, 4) is 0 Å². The minimum atomic E-state index is 0.185. The Hall–Kier alpha value is -2.49. The maximum absolute atomic E-state index is 4.46. The Labute approximate surface area is 130 Å². The summed E-state index contributed by atoms with van der Waals surface area (Å²) >= 11 is 0. The van der Waals surface area contributed by atoms with E-state index in [2.05, 4.69) is 52.0 Å². The van der Waals surface area contributed by atoms with Crippen LogP contribution < -0.4 is 0 Å². The van der Waals surface area contributed by atoms with Crippen LogP contribution >= 0.6 is 0 Å². The van der Waals surface area contributed by atoms with E-state index in [4.69, 9.17) is 0 Å². The van der Waals surface area contributed by atoms with E-state index in [-0.39, 0.29) is 5.92 Å². The van der Waals surface area contributed by atoms with E-state index in [1.165, 1.54) is 16.7 Å². The fraction of sp³-hybridized carbons (Fsp3) is 0.278. The van der Waals surface area contributed by atoms with Crippen LogP contribution in [0, 0.1) is 20.8 Å². The second-order valence-electron chi connectivity index (χ2n) is 5.73. The molecule has 0 fully saturated rings. The number of H-pyrrole nitrogens is 1. The van der Waals surface area contributed by atoms with Gasteiger partial charge < -0.3 is 4.98 Å². The van der Waals surface area contributed by atoms with Gasteiger partial charge in [0.15, 0.2) is 0 Å². The minimum absolute atomic E-state index is 0.185. The standard InChI is InChI=1S/C18H20N4/c1-12-8-20-18(21-9-12)7-16(17-10-19-11-22-17)15-6-4-5-13(2)14(15)3/h4-6,8-11,16H,7H2,1-3H3,(H,19,22)/t16-/m1/s1. The van der Waals surface area contributed by atoms with Crippen molar-refractivity contribution in [3.63, 3.8) is 0 Å². The normalized spacial score (nSPS) is 12.3. The zero-order valence-corrected chi connectivity index (χ0v) is 13.2. The molecule has 1 atom stereocenters. The Morgan fingerprint density at radius 3 is 2.50 bits per heavy atom. The van der Waals surface area contributed by atoms with E-state index >= 15 is 0 Å². The summed E-state index contributed by atoms with van der Waals surface area (Å²) in [5.74, 6) is 1.04. The van der Waals surface area contributed by atoms with Crippen molar-refractivity contribution in [3.05, 3.63) is 76.9 Å². The fourth-order valence-electron chi connectivity index (χ4n) is 2.70. The molecule has 22 heavy (non-hydrogen) atoms. The fourth-order valence-corrected chi connectivity index (χ4v) is 2.70. The van der Waals surface area contributed by atoms with Crippen LogP contribution in [0.2, 0.25) is 0 Å². The van der Waals surface area contributed by atoms with Crippen LogP contribution in [-0.4, -0.2) is 19.9 Å². The maximum Gasteiger partial charge on any atom is 0.129 e. The van der Waals surface area contributed by atoms with Crippen LogP contribution in [0.25, 0.3) is 0 Å². The monoisotopic (exact) mass is 292 g/mol. The first-order chi connectivity index (χ1) is 10.6. The molecular formula is C18H20N4. The summed E-state index contributed by atoms with van der Waals surface area (Å²) in [7, 11) is 0. The van der Waals surface area contributed by atoms with Crippen molar-refractivity contribution < 1.29 is 0 Å². The van der Waals surface area contributed by atoms with Gasteiger partial charge in [0.25, 0.3) is 0 Å². The van der Waals surface area contributed by atoms with Crippen molar-refractivity contribution in [2.75, 3.05) is 0 Å². The molecule has 0 radical (unpaired) electrons. The number of benzene rings is 1. The van der Waals surface area contributed by atoms with Crippen molar-refractivity contribution in [2.45, 2.75) is 33.1 Å². The van der Waals surface area contributed by atoms with Crippen LogP contribution in [0.3, 0.4) is 0 Å². The van der Waals surface area contributed by atoms with E-state index < -0.39 is 0 Å². The zero-order chi connectivity index (χ0) is 15.5. The number of rotatable bonds is 4. The van der Waals surface area contributed by atoms with Crippen molar-refractivity contribution in [2.24, 2.45) is 0 Å². The Morgan fingerprint density at radius 1 is 1.05 bits per heavy atom. The van der Waals surface area contributed by atoms with Gasteiger partial charge in [-0.1, -0.05) is 18.2 Å². The van der Waals surface area contributed by atoms with Crippen molar-refractivity contribution >= 4 is 0 Å². The molecule has 4 heteroatoms. The number of hydrogen-bond donors (Lipinski definition) is 1. The van der Waals surface area contributed by atoms with E-state index in [1.807, 2.05) is 25.5 Å². The molecule has 0 spiro atoms. The molecule has 0 saturated heterocycles. The molecule has 0 unspecified atom stereocenters. The summed E-state index contributed by atoms with van der Waals surface area (Å²) < 4.78 is 0. The number of imidazole rings is 1. The van der Waals surface area contributed by atoms with Crippen LogP contribution in [0.15, 0.2) is 43.1 Å². The highest BCUT2D eigenvalue weighted by Crippen LogP contribution is 2.29. The molecule has 0 aliphatic rings. The van der Waals surface area contributed by atoms with Gasteiger partial charge in [0.1, 0.15) is 5.82 Å². The van der Waals surface area contributed by atoms with E-state index in [0.717, 1.165) is 23.5 Å². The SMILES string of the molecule is Cc1cnc(C[C@@H](c2cnc[nH]2)c2cccc(C)c2C)nc1. The molecule has 0 saturated carbocycles. The second-order valence-corrected chi connectivity index (χ2v) is 5.73. The molecule has 0 aliphatic heterocycles. The Balaban J connectivity index is 2.01. The molecule has 3 aromatic rings. The lowest BCUT2D eigenvalue weighted by Gasteiger charge is -2.19. The number of aromatic nitrogens is 4. The van der Waals surface area contributed by atoms with Gasteiger partial charge in [-0.25, -0.2) is 15.0 Å². The summed E-state index contributed by atoms with van der Waals surface area (Å²) in [6, 6.07) is 6.43. The number of aromatic amines is 1. The highest BCUT2D eigenvalue weighted by molar-refractivity contribution is 5.39. The zero-order valence-electron chi connectivity index (χ0n) is 13.2. The average Bonchev–Trinajstić information content (AvgIpc) is 3.04. The summed E-state index contributed by atoms with van der Waals surface area (Å²) in [4.78, 5) is 16.3. The van der Waals surface area contributed by atoms with Gasteiger partial charge in [-0.15, -0.1) is 0 Å². The predicted octanol–water partition coefficient (Wildman–Crippen LogP) is 3.50. The summed E-state index contributed by atoms with van der Waals surface area (Å²) in [5.41, 5.74) is 6.08. The van der Waals surface area contributed by atoms with Gasteiger partial charge in [-0.05, 0) is 43.0 Å². The highest BCUT2D eigenvalue weighted by Gasteiger charge is 2.20. The first kappa shape index (κ1) is 14.4. The van der Waals surface area contributed by atoms with Crippen LogP contribution in [0.5, 0.6) is 0 Å². The number of hydrogen-bond acceptors (Lipinski definition) is 3. The molecule has 4 nitrogen and oxygen atoms in total. The van der Waals surface area contributed by atoms with Gasteiger partial charge in [-0.3, -0.25) is 0 Å². The first-order valence-electron chi connectivity index (χ1n) is 7.47. The van der Waals surface area contributed by atoms with Gasteiger partial charge >= 0.3 is 0 Å². The van der Waals surface area contributed by atoms with Crippen LogP contribution in [0.4, 0.5) is 0 Å². The van der Waals surface area contributed by atoms with E-state index in [0.29, 0.717) is 0 Å². The second kappa shape index (κ2) is 6.10. The molecule has 0 amide bonds. The molecule has 1 aromatic carbocycles. The Bertz CT molecular complexity index is 745. The minimum Gasteiger partial charge on any atom is -0.348 e. The third kappa shape index (κ3) is 2.91. The molecule has 2 aromatic heterocycles. The van der Waals surface area contributed by atoms with E-state index in [9.17, 15) is 0 Å². The quantitative estimate of drug-likeness (QED) is 0.800. The smallest absolute Gasteiger partial charge is 0.129 e. The third-order valence-electron chi connectivity index (χ3n) is 4.14. The summed E-state index contributed by atoms with van der Waals surface area (Å²) in [6.45, 7) is 6.32. The molecule has 0 aliphatic carbocycles. The maximum atomic E-state index is 4.46. The molecule has 112 valence electrons. The summed E-state index contributed by atoms with van der Waals surface area (Å²) in [5, 5.41) is 0. The molecular weight excluding hydrogens is 272 g/mol. The van der Waals surface area contributed by atoms with Gasteiger partial charge in [0.2, 0.25) is 0 Å². The molecule has 0 bridgehead atoms. The van der Waals surface area contributed by atoms with Gasteiger partial charge in [-0.2, -0.15) is 0 Å². The lowest BCUT2D eigenvalue weighted by molar-refractivity contribution is 0.729. The van der Waals surface area contributed by atoms with E-state index in [1.54, 1.807) is 6.33 Å². The molecule has 2 heterocycles. The van der Waals surface area contributed by atoms with Crippen LogP contribution in [-0.2, 0) is 6.42 Å². The number of aryl methyl sites for hydroxylation is 2. The highest BCUT2D eigenvalue weighted by atomic mass is 14.9. The van der Waals surface area contributed by atoms with Gasteiger partial charge in [0.05, 0.1) is 6.33 Å². The van der Waals surface area contributed by atoms with Gasteiger partial charge in [0, 0.05) is 36.6 Å².